The quantitative estimate of drug-likeness (QED) is 0.746. The molecule has 0 radical (unpaired) electrons. The first-order chi connectivity index (χ1) is 13.8. The summed E-state index contributed by atoms with van der Waals surface area (Å²) in [6, 6.07) is 12.2. The van der Waals surface area contributed by atoms with Gasteiger partial charge in [-0.15, -0.1) is 0 Å². The molecule has 0 aliphatic carbocycles. The van der Waals surface area contributed by atoms with Crippen LogP contribution in [0.4, 0.5) is 10.1 Å². The molecule has 1 aliphatic rings. The van der Waals surface area contributed by atoms with Gasteiger partial charge < -0.3 is 20.1 Å². The highest BCUT2D eigenvalue weighted by molar-refractivity contribution is 6.05. The first-order valence-corrected chi connectivity index (χ1v) is 9.60. The van der Waals surface area contributed by atoms with Crippen molar-refractivity contribution in [2.45, 2.75) is 38.4 Å². The summed E-state index contributed by atoms with van der Waals surface area (Å²) >= 11 is 0. The lowest BCUT2D eigenvalue weighted by Crippen LogP contribution is -2.43. The molecule has 7 heteroatoms. The average Bonchev–Trinajstić information content (AvgIpc) is 3.22. The van der Waals surface area contributed by atoms with Crippen molar-refractivity contribution in [3.8, 4) is 5.75 Å². The molecule has 29 heavy (non-hydrogen) atoms. The van der Waals surface area contributed by atoms with Crippen LogP contribution < -0.4 is 15.4 Å². The van der Waals surface area contributed by atoms with Gasteiger partial charge in [0.05, 0.1) is 17.4 Å². The fourth-order valence-electron chi connectivity index (χ4n) is 3.01. The molecule has 1 saturated heterocycles. The highest BCUT2D eigenvalue weighted by atomic mass is 19.1. The van der Waals surface area contributed by atoms with E-state index >= 15 is 0 Å². The molecule has 154 valence electrons. The maximum absolute atomic E-state index is 13.1. The maximum Gasteiger partial charge on any atom is 0.267 e. The SMILES string of the molecule is CC(C)(Oc1ccc(F)cc1)C(=O)Nc1ccccc1C(=O)NC[C@H]1CCCO1. The number of hydrogen-bond donors (Lipinski definition) is 2. The molecule has 1 fully saturated rings. The topological polar surface area (TPSA) is 76.7 Å². The van der Waals surface area contributed by atoms with Gasteiger partial charge in [0.1, 0.15) is 11.6 Å². The molecule has 6 nitrogen and oxygen atoms in total. The normalized spacial score (nSPS) is 16.3. The van der Waals surface area contributed by atoms with Gasteiger partial charge in [0.2, 0.25) is 0 Å². The van der Waals surface area contributed by atoms with Gasteiger partial charge in [-0.25, -0.2) is 4.39 Å². The lowest BCUT2D eigenvalue weighted by Gasteiger charge is -2.26. The second-order valence-corrected chi connectivity index (χ2v) is 7.41. The highest BCUT2D eigenvalue weighted by Crippen LogP contribution is 2.22. The Labute approximate surface area is 169 Å². The number of carbonyl (C=O) groups is 2. The zero-order chi connectivity index (χ0) is 20.9. The molecule has 3 rings (SSSR count). The Bertz CT molecular complexity index is 861. The van der Waals surface area contributed by atoms with Crippen molar-refractivity contribution in [2.24, 2.45) is 0 Å². The van der Waals surface area contributed by atoms with Gasteiger partial charge >= 0.3 is 0 Å². The number of anilines is 1. The van der Waals surface area contributed by atoms with Crippen LogP contribution >= 0.6 is 0 Å². The third-order valence-electron chi connectivity index (χ3n) is 4.67. The van der Waals surface area contributed by atoms with Crippen LogP contribution in [0.25, 0.3) is 0 Å². The zero-order valence-corrected chi connectivity index (χ0v) is 16.5. The summed E-state index contributed by atoms with van der Waals surface area (Å²) < 4.78 is 24.3. The maximum atomic E-state index is 13.1. The molecule has 1 aliphatic heterocycles. The van der Waals surface area contributed by atoms with Crippen LogP contribution in [0, 0.1) is 5.82 Å². The zero-order valence-electron chi connectivity index (χ0n) is 16.5. The molecule has 1 atom stereocenters. The molecule has 2 N–H and O–H groups in total. The molecule has 1 heterocycles. The van der Waals surface area contributed by atoms with Crippen molar-refractivity contribution in [1.82, 2.24) is 5.32 Å². The summed E-state index contributed by atoms with van der Waals surface area (Å²) in [5.74, 6) is -0.730. The molecular formula is C22H25FN2O4. The molecule has 0 spiro atoms. The van der Waals surface area contributed by atoms with E-state index in [1.54, 1.807) is 38.1 Å². The van der Waals surface area contributed by atoms with Gasteiger partial charge in [0.25, 0.3) is 11.8 Å². The standard InChI is InChI=1S/C22H25FN2O4/c1-22(2,29-16-11-9-15(23)10-12-16)21(27)25-19-8-4-3-7-18(19)20(26)24-14-17-6-5-13-28-17/h3-4,7-12,17H,5-6,13-14H2,1-2H3,(H,24,26)(H,25,27)/t17-/m1/s1. The number of benzene rings is 2. The molecule has 0 bridgehead atoms. The fourth-order valence-corrected chi connectivity index (χ4v) is 3.01. The van der Waals surface area contributed by atoms with Gasteiger partial charge in [0, 0.05) is 13.2 Å². The minimum atomic E-state index is -1.24. The second-order valence-electron chi connectivity index (χ2n) is 7.41. The third-order valence-corrected chi connectivity index (χ3v) is 4.67. The van der Waals surface area contributed by atoms with Crippen LogP contribution in [0.5, 0.6) is 5.75 Å². The smallest absolute Gasteiger partial charge is 0.267 e. The van der Waals surface area contributed by atoms with Crippen LogP contribution in [0.3, 0.4) is 0 Å². The van der Waals surface area contributed by atoms with Crippen LogP contribution in [0.2, 0.25) is 0 Å². The predicted molar refractivity (Wildman–Crippen MR) is 107 cm³/mol. The molecule has 2 aromatic carbocycles. The van der Waals surface area contributed by atoms with E-state index in [-0.39, 0.29) is 17.8 Å². The van der Waals surface area contributed by atoms with Crippen LogP contribution in [0.15, 0.2) is 48.5 Å². The summed E-state index contributed by atoms with van der Waals surface area (Å²) in [6.45, 7) is 4.36. The molecule has 0 saturated carbocycles. The van der Waals surface area contributed by atoms with Crippen LogP contribution in [-0.2, 0) is 9.53 Å². The summed E-state index contributed by atoms with van der Waals surface area (Å²) in [5, 5.41) is 5.62. The Morgan fingerprint density at radius 1 is 1.17 bits per heavy atom. The Hall–Kier alpha value is -2.93. The number of halogens is 1. The minimum Gasteiger partial charge on any atom is -0.478 e. The van der Waals surface area contributed by atoms with Crippen LogP contribution in [0.1, 0.15) is 37.0 Å². The summed E-state index contributed by atoms with van der Waals surface area (Å²) in [5.41, 5.74) is -0.492. The summed E-state index contributed by atoms with van der Waals surface area (Å²) in [6.07, 6.45) is 1.95. The Balaban J connectivity index is 1.66. The number of ether oxygens (including phenoxy) is 2. The fraction of sp³-hybridized carbons (Fsp3) is 0.364. The van der Waals surface area contributed by atoms with Gasteiger partial charge in [-0.1, -0.05) is 12.1 Å². The van der Waals surface area contributed by atoms with E-state index in [4.69, 9.17) is 9.47 Å². The summed E-state index contributed by atoms with van der Waals surface area (Å²) in [7, 11) is 0. The minimum absolute atomic E-state index is 0.0312. The van der Waals surface area contributed by atoms with Crippen molar-refractivity contribution in [1.29, 1.82) is 0 Å². The second kappa shape index (κ2) is 9.05. The van der Waals surface area contributed by atoms with E-state index < -0.39 is 11.5 Å². The van der Waals surface area contributed by atoms with Crippen LogP contribution in [-0.4, -0.2) is 36.7 Å². The van der Waals surface area contributed by atoms with Gasteiger partial charge in [-0.3, -0.25) is 9.59 Å². The largest absolute Gasteiger partial charge is 0.478 e. The van der Waals surface area contributed by atoms with Gasteiger partial charge in [-0.05, 0) is 63.1 Å². The van der Waals surface area contributed by atoms with E-state index in [0.29, 0.717) is 23.5 Å². The predicted octanol–water partition coefficient (Wildman–Crippen LogP) is 3.53. The first kappa shape index (κ1) is 20.8. The third kappa shape index (κ3) is 5.54. The Morgan fingerprint density at radius 2 is 1.90 bits per heavy atom. The van der Waals surface area contributed by atoms with E-state index in [2.05, 4.69) is 10.6 Å². The van der Waals surface area contributed by atoms with Crippen molar-refractivity contribution in [3.05, 3.63) is 59.9 Å². The number of nitrogens with one attached hydrogen (secondary N) is 2. The molecule has 2 amide bonds. The number of amides is 2. The van der Waals surface area contributed by atoms with E-state index in [1.165, 1.54) is 24.3 Å². The summed E-state index contributed by atoms with van der Waals surface area (Å²) in [4.78, 5) is 25.4. The van der Waals surface area contributed by atoms with E-state index in [9.17, 15) is 14.0 Å². The number of para-hydroxylation sites is 1. The van der Waals surface area contributed by atoms with E-state index in [1.807, 2.05) is 0 Å². The van der Waals surface area contributed by atoms with E-state index in [0.717, 1.165) is 19.4 Å². The van der Waals surface area contributed by atoms with Crippen molar-refractivity contribution in [3.63, 3.8) is 0 Å². The van der Waals surface area contributed by atoms with Crippen molar-refractivity contribution >= 4 is 17.5 Å². The Kier molecular flexibility index (Phi) is 6.49. The average molecular weight is 400 g/mol. The molecular weight excluding hydrogens is 375 g/mol. The molecule has 0 aromatic heterocycles. The molecule has 0 unspecified atom stereocenters. The van der Waals surface area contributed by atoms with Crippen molar-refractivity contribution in [2.75, 3.05) is 18.5 Å². The monoisotopic (exact) mass is 400 g/mol. The number of hydrogen-bond acceptors (Lipinski definition) is 4. The number of carbonyl (C=O) groups excluding carboxylic acids is 2. The van der Waals surface area contributed by atoms with Gasteiger partial charge in [-0.2, -0.15) is 0 Å². The van der Waals surface area contributed by atoms with Gasteiger partial charge in [0.15, 0.2) is 5.60 Å². The number of rotatable bonds is 7. The molecule has 2 aromatic rings. The lowest BCUT2D eigenvalue weighted by molar-refractivity contribution is -0.128. The lowest BCUT2D eigenvalue weighted by atomic mass is 10.1. The highest BCUT2D eigenvalue weighted by Gasteiger charge is 2.31. The Morgan fingerprint density at radius 3 is 2.59 bits per heavy atom. The van der Waals surface area contributed by atoms with Crippen molar-refractivity contribution < 1.29 is 23.5 Å². The first-order valence-electron chi connectivity index (χ1n) is 9.60.